The molecule has 0 unspecified atom stereocenters. The summed E-state index contributed by atoms with van der Waals surface area (Å²) in [4.78, 5) is 0. The molecule has 0 radical (unpaired) electrons. The summed E-state index contributed by atoms with van der Waals surface area (Å²) in [6.07, 6.45) is 1.09. The molecule has 0 aliphatic carbocycles. The lowest BCUT2D eigenvalue weighted by Crippen LogP contribution is -1.83. The number of hydrogen-bond acceptors (Lipinski definition) is 0. The van der Waals surface area contributed by atoms with E-state index >= 15 is 0 Å². The molecule has 0 aliphatic heterocycles. The van der Waals surface area contributed by atoms with Gasteiger partial charge < -0.3 is 0 Å². The smallest absolute Gasteiger partial charge is 0.0184 e. The van der Waals surface area contributed by atoms with Gasteiger partial charge in [-0.05, 0) is 41.2 Å². The van der Waals surface area contributed by atoms with Gasteiger partial charge in [-0.2, -0.15) is 0 Å². The summed E-state index contributed by atoms with van der Waals surface area (Å²) >= 11 is 0. The van der Waals surface area contributed by atoms with Crippen LogP contribution < -0.4 is 0 Å². The number of aryl methyl sites for hydroxylation is 2. The van der Waals surface area contributed by atoms with Crippen LogP contribution in [0.5, 0.6) is 0 Å². The molecule has 0 N–H and O–H groups in total. The Balaban J connectivity index is 0.00000103. The fourth-order valence-corrected chi connectivity index (χ4v) is 2.53. The molecule has 3 rings (SSSR count). The van der Waals surface area contributed by atoms with Gasteiger partial charge in [0.15, 0.2) is 0 Å². The van der Waals surface area contributed by atoms with E-state index in [1.165, 1.54) is 33.4 Å². The van der Waals surface area contributed by atoms with Gasteiger partial charge in [0.25, 0.3) is 0 Å². The van der Waals surface area contributed by atoms with Crippen LogP contribution >= 0.6 is 0 Å². The summed E-state index contributed by atoms with van der Waals surface area (Å²) in [5.41, 5.74) is 7.77. The minimum absolute atomic E-state index is 1.09. The first-order valence-electron chi connectivity index (χ1n) is 10.5. The fourth-order valence-electron chi connectivity index (χ4n) is 2.53. The van der Waals surface area contributed by atoms with Crippen molar-refractivity contribution in [1.29, 1.82) is 0 Å². The molecular weight excluding hydrogens is 324 g/mol. The van der Waals surface area contributed by atoms with Gasteiger partial charge in [0.05, 0.1) is 0 Å². The van der Waals surface area contributed by atoms with E-state index in [0.29, 0.717) is 0 Å². The normalized spacial score (nSPS) is 8.89. The Bertz CT molecular complexity index is 701. The molecule has 3 aromatic rings. The molecule has 0 amide bonds. The van der Waals surface area contributed by atoms with Crippen molar-refractivity contribution in [2.45, 2.75) is 61.8 Å². The molecule has 0 aromatic heterocycles. The highest BCUT2D eigenvalue weighted by Gasteiger charge is 2.00. The molecule has 0 nitrogen and oxygen atoms in total. The Morgan fingerprint density at radius 2 is 0.704 bits per heavy atom. The second-order valence-corrected chi connectivity index (χ2v) is 5.49. The van der Waals surface area contributed by atoms with Crippen molar-refractivity contribution in [2.75, 3.05) is 0 Å². The standard InChI is InChI=1S/C21H20.3C2H6/c1-3-17-6-10-19(11-7-17)21-14-12-20(13-15-21)18-8-4-16(2)5-9-18;3*1-2/h4-15H,3H2,1-2H3;3*1-2H3. The SMILES string of the molecule is CC.CC.CC.CCc1ccc(-c2ccc(-c3ccc(C)cc3)cc2)cc1. The van der Waals surface area contributed by atoms with Crippen molar-refractivity contribution in [2.24, 2.45) is 0 Å². The first-order valence-corrected chi connectivity index (χ1v) is 10.5. The van der Waals surface area contributed by atoms with E-state index in [-0.39, 0.29) is 0 Å². The van der Waals surface area contributed by atoms with Crippen LogP contribution in [-0.2, 0) is 6.42 Å². The van der Waals surface area contributed by atoms with Crippen LogP contribution in [0, 0.1) is 6.92 Å². The molecule has 0 spiro atoms. The van der Waals surface area contributed by atoms with E-state index in [4.69, 9.17) is 0 Å². The largest absolute Gasteiger partial charge is 0.0683 e. The topological polar surface area (TPSA) is 0 Å². The summed E-state index contributed by atoms with van der Waals surface area (Å²) in [6, 6.07) is 26.3. The Kier molecular flexibility index (Phi) is 13.5. The molecule has 146 valence electrons. The average molecular weight is 363 g/mol. The third-order valence-electron chi connectivity index (χ3n) is 3.97. The van der Waals surface area contributed by atoms with Gasteiger partial charge >= 0.3 is 0 Å². The van der Waals surface area contributed by atoms with Gasteiger partial charge in [-0.1, -0.05) is 127 Å². The maximum Gasteiger partial charge on any atom is -0.0184 e. The minimum atomic E-state index is 1.09. The lowest BCUT2D eigenvalue weighted by atomic mass is 9.99. The summed E-state index contributed by atoms with van der Waals surface area (Å²) in [7, 11) is 0. The van der Waals surface area contributed by atoms with Crippen molar-refractivity contribution in [1.82, 2.24) is 0 Å². The molecule has 0 heterocycles. The maximum absolute atomic E-state index is 2.21. The van der Waals surface area contributed by atoms with Crippen molar-refractivity contribution in [3.63, 3.8) is 0 Å². The van der Waals surface area contributed by atoms with E-state index in [1.54, 1.807) is 0 Å². The molecule has 0 fully saturated rings. The lowest BCUT2D eigenvalue weighted by molar-refractivity contribution is 1.14. The fraction of sp³-hybridized carbons (Fsp3) is 0.333. The van der Waals surface area contributed by atoms with Crippen molar-refractivity contribution in [3.05, 3.63) is 83.9 Å². The number of benzene rings is 3. The van der Waals surface area contributed by atoms with Gasteiger partial charge in [-0.3, -0.25) is 0 Å². The highest BCUT2D eigenvalue weighted by Crippen LogP contribution is 2.25. The van der Waals surface area contributed by atoms with E-state index in [1.807, 2.05) is 41.5 Å². The molecule has 0 bridgehead atoms. The van der Waals surface area contributed by atoms with Gasteiger partial charge in [0.1, 0.15) is 0 Å². The van der Waals surface area contributed by atoms with Crippen molar-refractivity contribution >= 4 is 0 Å². The van der Waals surface area contributed by atoms with Crippen LogP contribution in [0.2, 0.25) is 0 Å². The second kappa shape index (κ2) is 14.8. The van der Waals surface area contributed by atoms with E-state index in [2.05, 4.69) is 86.6 Å². The van der Waals surface area contributed by atoms with Gasteiger partial charge in [0, 0.05) is 0 Å². The maximum atomic E-state index is 2.21. The van der Waals surface area contributed by atoms with E-state index in [9.17, 15) is 0 Å². The lowest BCUT2D eigenvalue weighted by Gasteiger charge is -2.06. The monoisotopic (exact) mass is 362 g/mol. The molecule has 0 aliphatic rings. The molecular formula is C27H38. The van der Waals surface area contributed by atoms with Crippen LogP contribution in [0.1, 0.15) is 59.6 Å². The zero-order valence-corrected chi connectivity index (χ0v) is 18.6. The Hall–Kier alpha value is -2.34. The zero-order valence-electron chi connectivity index (χ0n) is 18.6. The Morgan fingerprint density at radius 1 is 0.444 bits per heavy atom. The van der Waals surface area contributed by atoms with Crippen LogP contribution in [-0.4, -0.2) is 0 Å². The van der Waals surface area contributed by atoms with Crippen LogP contribution in [0.3, 0.4) is 0 Å². The third kappa shape index (κ3) is 7.83. The third-order valence-corrected chi connectivity index (χ3v) is 3.97. The predicted molar refractivity (Wildman–Crippen MR) is 125 cm³/mol. The molecule has 0 saturated heterocycles. The van der Waals surface area contributed by atoms with E-state index in [0.717, 1.165) is 6.42 Å². The highest BCUT2D eigenvalue weighted by molar-refractivity contribution is 5.70. The quantitative estimate of drug-likeness (QED) is 0.436. The molecule has 0 heteroatoms. The minimum Gasteiger partial charge on any atom is -0.0683 e. The van der Waals surface area contributed by atoms with E-state index < -0.39 is 0 Å². The number of hydrogen-bond donors (Lipinski definition) is 0. The van der Waals surface area contributed by atoms with Crippen molar-refractivity contribution < 1.29 is 0 Å². The molecule has 3 aromatic carbocycles. The van der Waals surface area contributed by atoms with Crippen LogP contribution in [0.4, 0.5) is 0 Å². The first kappa shape index (κ1) is 24.7. The molecule has 0 atom stereocenters. The predicted octanol–water partition coefficient (Wildman–Crippen LogP) is 8.97. The summed E-state index contributed by atoms with van der Waals surface area (Å²) in [5, 5.41) is 0. The second-order valence-electron chi connectivity index (χ2n) is 5.49. The first-order chi connectivity index (χ1) is 13.3. The van der Waals surface area contributed by atoms with Crippen molar-refractivity contribution in [3.8, 4) is 22.3 Å². The summed E-state index contributed by atoms with van der Waals surface area (Å²) < 4.78 is 0. The molecule has 27 heavy (non-hydrogen) atoms. The summed E-state index contributed by atoms with van der Waals surface area (Å²) in [5.74, 6) is 0. The van der Waals surface area contributed by atoms with Crippen LogP contribution in [0.15, 0.2) is 72.8 Å². The molecule has 0 saturated carbocycles. The van der Waals surface area contributed by atoms with Crippen LogP contribution in [0.25, 0.3) is 22.3 Å². The Labute approximate surface area is 168 Å². The zero-order chi connectivity index (χ0) is 20.7. The highest BCUT2D eigenvalue weighted by atomic mass is 14.1. The van der Waals surface area contributed by atoms with Gasteiger partial charge in [-0.15, -0.1) is 0 Å². The van der Waals surface area contributed by atoms with Gasteiger partial charge in [0.2, 0.25) is 0 Å². The Morgan fingerprint density at radius 3 is 1.00 bits per heavy atom. The van der Waals surface area contributed by atoms with Gasteiger partial charge in [-0.25, -0.2) is 0 Å². The average Bonchev–Trinajstić information content (AvgIpc) is 2.79. The summed E-state index contributed by atoms with van der Waals surface area (Å²) in [6.45, 7) is 16.3. The number of rotatable bonds is 3.